The first-order chi connectivity index (χ1) is 67.7. The molecule has 0 saturated carbocycles. The Kier molecular flexibility index (Phi) is 19.2. The zero-order chi connectivity index (χ0) is 90.7. The van der Waals surface area contributed by atoms with E-state index < -0.39 is 0 Å². The van der Waals surface area contributed by atoms with E-state index in [4.69, 9.17) is 43.2 Å². The van der Waals surface area contributed by atoms with E-state index in [0.717, 1.165) is 215 Å². The molecule has 640 valence electrons. The molecular weight excluding hydrogens is 1670 g/mol. The van der Waals surface area contributed by atoms with Crippen molar-refractivity contribution in [1.29, 1.82) is 0 Å². The van der Waals surface area contributed by atoms with Crippen molar-refractivity contribution in [2.45, 2.75) is 13.8 Å². The Labute approximate surface area is 787 Å². The van der Waals surface area contributed by atoms with Crippen LogP contribution >= 0.6 is 0 Å². The summed E-state index contributed by atoms with van der Waals surface area (Å²) in [7, 11) is 0. The topological polar surface area (TPSA) is 117 Å². The van der Waals surface area contributed by atoms with Gasteiger partial charge in [-0.1, -0.05) is 399 Å². The van der Waals surface area contributed by atoms with Crippen LogP contribution < -0.4 is 0 Å². The van der Waals surface area contributed by atoms with Crippen LogP contribution in [0.2, 0.25) is 0 Å². The fourth-order valence-corrected chi connectivity index (χ4v) is 20.6. The van der Waals surface area contributed by atoms with E-state index in [2.05, 4.69) is 408 Å². The van der Waals surface area contributed by atoms with Crippen LogP contribution in [-0.2, 0) is 0 Å². The fourth-order valence-electron chi connectivity index (χ4n) is 20.6. The van der Waals surface area contributed by atoms with Gasteiger partial charge in [-0.05, 0) is 150 Å². The Bertz CT molecular complexity index is 9700. The number of aromatic nitrogens is 6. The lowest BCUT2D eigenvalue weighted by Crippen LogP contribution is -1.94. The van der Waals surface area contributed by atoms with Gasteiger partial charge in [-0.15, -0.1) is 0 Å². The molecule has 0 spiro atoms. The monoisotopic (exact) mass is 1750 g/mol. The third kappa shape index (κ3) is 13.8. The Balaban J connectivity index is 0.000000107. The van der Waals surface area contributed by atoms with Crippen LogP contribution in [0.3, 0.4) is 0 Å². The largest absolute Gasteiger partial charge is 0.455 e. The van der Waals surface area contributed by atoms with E-state index in [1.165, 1.54) is 71.4 Å². The van der Waals surface area contributed by atoms with E-state index >= 15 is 0 Å². The summed E-state index contributed by atoms with van der Waals surface area (Å²) in [6, 6.07) is 151. The van der Waals surface area contributed by atoms with Crippen molar-refractivity contribution in [3.05, 3.63) is 460 Å². The van der Waals surface area contributed by atoms with Crippen LogP contribution in [0.25, 0.3) is 275 Å². The van der Waals surface area contributed by atoms with Crippen LogP contribution in [0, 0.1) is 13.8 Å². The summed E-state index contributed by atoms with van der Waals surface area (Å²) in [5, 5.41) is 20.5. The minimum Gasteiger partial charge on any atom is -0.455 e. The average molecular weight is 1750 g/mol. The number of hydrogen-bond donors (Lipinski definition) is 0. The molecule has 9 nitrogen and oxygen atoms in total. The van der Waals surface area contributed by atoms with Crippen molar-refractivity contribution in [3.8, 4) is 112 Å². The van der Waals surface area contributed by atoms with Crippen LogP contribution in [0.4, 0.5) is 0 Å². The molecule has 0 bridgehead atoms. The lowest BCUT2D eigenvalue weighted by Gasteiger charge is -2.14. The van der Waals surface area contributed by atoms with Gasteiger partial charge in [0.25, 0.3) is 0 Å². The molecule has 9 heteroatoms. The number of aryl methyl sites for hydroxylation is 2. The molecule has 137 heavy (non-hydrogen) atoms. The molecule has 6 aromatic heterocycles. The van der Waals surface area contributed by atoms with Gasteiger partial charge in [-0.25, -0.2) is 15.0 Å². The van der Waals surface area contributed by atoms with Gasteiger partial charge < -0.3 is 13.3 Å². The molecule has 28 aromatic rings. The number of rotatable bonds is 10. The Morgan fingerprint density at radius 2 is 0.423 bits per heavy atom. The van der Waals surface area contributed by atoms with Crippen molar-refractivity contribution in [1.82, 2.24) is 29.9 Å². The van der Waals surface area contributed by atoms with Crippen LogP contribution in [0.5, 0.6) is 0 Å². The molecular formula is C128H80N6O3. The summed E-state index contributed by atoms with van der Waals surface area (Å²) in [5.74, 6) is 0. The summed E-state index contributed by atoms with van der Waals surface area (Å²) in [4.78, 5) is 31.4. The zero-order valence-electron chi connectivity index (χ0n) is 74.6. The van der Waals surface area contributed by atoms with Gasteiger partial charge in [0.15, 0.2) is 0 Å². The molecule has 6 heterocycles. The Hall–Kier alpha value is -18.2. The molecule has 0 unspecified atom stereocenters. The summed E-state index contributed by atoms with van der Waals surface area (Å²) >= 11 is 0. The molecule has 0 fully saturated rings. The molecule has 0 amide bonds. The second kappa shape index (κ2) is 33.0. The zero-order valence-corrected chi connectivity index (χ0v) is 74.6. The minimum atomic E-state index is 0.824. The molecule has 0 saturated heterocycles. The third-order valence-electron chi connectivity index (χ3n) is 27.3. The van der Waals surface area contributed by atoms with E-state index in [1.807, 2.05) is 55.0 Å². The molecule has 0 aliphatic heterocycles. The molecule has 0 atom stereocenters. The first kappa shape index (κ1) is 79.7. The van der Waals surface area contributed by atoms with Gasteiger partial charge in [0, 0.05) is 98.0 Å². The summed E-state index contributed by atoms with van der Waals surface area (Å²) in [6.07, 6.45) is 5.76. The second-order valence-corrected chi connectivity index (χ2v) is 35.5. The molecule has 0 aliphatic carbocycles. The van der Waals surface area contributed by atoms with Crippen LogP contribution in [0.1, 0.15) is 11.1 Å². The lowest BCUT2D eigenvalue weighted by molar-refractivity contribution is 0.669. The van der Waals surface area contributed by atoms with Gasteiger partial charge in [-0.3, -0.25) is 15.0 Å². The number of hydrogen-bond acceptors (Lipinski definition) is 9. The van der Waals surface area contributed by atoms with E-state index in [0.29, 0.717) is 0 Å². The van der Waals surface area contributed by atoms with E-state index in [-0.39, 0.29) is 0 Å². The van der Waals surface area contributed by atoms with Crippen molar-refractivity contribution in [2.75, 3.05) is 0 Å². The van der Waals surface area contributed by atoms with Gasteiger partial charge in [0.2, 0.25) is 0 Å². The van der Waals surface area contributed by atoms with E-state index in [9.17, 15) is 0 Å². The van der Waals surface area contributed by atoms with Crippen LogP contribution in [-0.4, -0.2) is 29.9 Å². The molecule has 0 aliphatic rings. The molecule has 28 rings (SSSR count). The maximum absolute atomic E-state index is 6.46. The van der Waals surface area contributed by atoms with Crippen molar-refractivity contribution in [3.63, 3.8) is 0 Å². The highest BCUT2D eigenvalue weighted by atomic mass is 16.3. The van der Waals surface area contributed by atoms with Gasteiger partial charge in [0.1, 0.15) is 33.5 Å². The van der Waals surface area contributed by atoms with Gasteiger partial charge >= 0.3 is 0 Å². The minimum absolute atomic E-state index is 0.824. The Morgan fingerprint density at radius 3 is 0.839 bits per heavy atom. The molecule has 0 N–H and O–H groups in total. The number of furan rings is 3. The quantitative estimate of drug-likeness (QED) is 0.123. The highest BCUT2D eigenvalue weighted by Crippen LogP contribution is 2.48. The number of benzene rings is 22. The fraction of sp³-hybridized carbons (Fsp3) is 0.0156. The standard InChI is InChI=1S/2C46H28N2O.C36H24N2O/c1-3-12-29(13-4-1)31-22-24-36-40(26-31)41-27-32(30-14-5-2-6-15-30)23-25-37(41)45-44(36)47-28-42(48-45)34-17-8-7-16-33(34)38-19-11-20-39-35-18-9-10-21-43(35)49-46(38)39;1-3-10-29(11-4-1)33-22-24-36-37-25-23-34(30-12-5-2-6-13-30)27-41(37)45-44(40(36)26-33)47-28-42(48-45)32-20-18-31(19-21-32)35-15-9-16-39-38-14-7-8-17-43(38)49-46(35)39;1-21-14-16-26-30(18-21)31-19-22(2)15-17-27(31)35-34(26)37-20-32(38-35)24-9-4-3-8-23(24)28-11-7-12-29-25-10-5-6-13-33(25)39-36(28)29/h2*1-28H;3-20H,1-2H3. The van der Waals surface area contributed by atoms with Crippen molar-refractivity contribution < 1.29 is 13.3 Å². The normalized spacial score (nSPS) is 11.7. The number of para-hydroxylation sites is 6. The lowest BCUT2D eigenvalue weighted by atomic mass is 9.93. The smallest absolute Gasteiger partial charge is 0.143 e. The summed E-state index contributed by atoms with van der Waals surface area (Å²) in [6.45, 7) is 4.28. The number of fused-ring (bicyclic) bond motifs is 27. The average Bonchev–Trinajstić information content (AvgIpc) is 1.66. The van der Waals surface area contributed by atoms with Crippen molar-refractivity contribution in [2.24, 2.45) is 0 Å². The molecule has 0 radical (unpaired) electrons. The highest BCUT2D eigenvalue weighted by molar-refractivity contribution is 6.28. The maximum Gasteiger partial charge on any atom is 0.143 e. The Morgan fingerprint density at radius 1 is 0.153 bits per heavy atom. The predicted octanol–water partition coefficient (Wildman–Crippen LogP) is 34.8. The van der Waals surface area contributed by atoms with Crippen molar-refractivity contribution >= 4 is 164 Å². The maximum atomic E-state index is 6.46. The first-order valence-corrected chi connectivity index (χ1v) is 46.4. The third-order valence-corrected chi connectivity index (χ3v) is 27.3. The SMILES string of the molecule is Cc1ccc2c(c1)c1cc(C)ccc1c1nc(-c3ccccc3-c3cccc4c3oc3ccccc34)cnc21.c1ccc(-c2ccc3c(c2)c2cc(-c4ccccc4)ccc2c2nc(-c4ccccc4-c4cccc5c4oc4ccccc45)cnc32)cc1.c1ccc(-c2ccc3c4ccc(-c5ccccc5)cc4c4nc(-c5ccc(-c6cccc7c6oc6ccccc67)cc5)cnc4c3c2)cc1. The summed E-state index contributed by atoms with van der Waals surface area (Å²) in [5.41, 5.74) is 34.7. The highest BCUT2D eigenvalue weighted by Gasteiger charge is 2.25. The van der Waals surface area contributed by atoms with Gasteiger partial charge in [-0.2, -0.15) is 0 Å². The second-order valence-electron chi connectivity index (χ2n) is 35.5. The first-order valence-electron chi connectivity index (χ1n) is 46.4. The number of nitrogens with zero attached hydrogens (tertiary/aromatic N) is 6. The predicted molar refractivity (Wildman–Crippen MR) is 569 cm³/mol. The summed E-state index contributed by atoms with van der Waals surface area (Å²) < 4.78 is 19.2. The van der Waals surface area contributed by atoms with Gasteiger partial charge in [0.05, 0.1) is 68.8 Å². The van der Waals surface area contributed by atoms with E-state index in [1.54, 1.807) is 0 Å². The molecule has 22 aromatic carbocycles. The van der Waals surface area contributed by atoms with Crippen LogP contribution in [0.15, 0.2) is 463 Å².